The van der Waals surface area contributed by atoms with E-state index in [9.17, 15) is 0 Å². The van der Waals surface area contributed by atoms with Gasteiger partial charge in [0.05, 0.1) is 34.8 Å². The molecule has 238 valence electrons. The van der Waals surface area contributed by atoms with Crippen LogP contribution in [-0.4, -0.2) is 24.1 Å². The van der Waals surface area contributed by atoms with Crippen LogP contribution in [0.15, 0.2) is 170 Å². The third kappa shape index (κ3) is 4.12. The molecule has 10 aromatic rings. The highest BCUT2D eigenvalue weighted by atomic mass is 15.2. The highest BCUT2D eigenvalue weighted by Gasteiger charge is 2.33. The second-order valence-electron chi connectivity index (χ2n) is 12.9. The van der Waals surface area contributed by atoms with Gasteiger partial charge in [-0.1, -0.05) is 133 Å². The van der Waals surface area contributed by atoms with Gasteiger partial charge in [0.1, 0.15) is 5.82 Å². The molecule has 5 nitrogen and oxygen atoms in total. The molecule has 0 saturated heterocycles. The van der Waals surface area contributed by atoms with Crippen LogP contribution >= 0.6 is 0 Å². The number of aromatic nitrogens is 5. The smallest absolute Gasteiger partial charge is 0.238 e. The van der Waals surface area contributed by atoms with E-state index in [-0.39, 0.29) is 29.4 Å². The standard InChI is InChI=1S/C46H29N5/c1-3-15-29(16-4-1)44-47-45(43-35-23-9-7-19-31(35)32-20-8-10-24-36(32)43)49-46(48-44)51-40-26-14-12-22-34(40)38-27-41-37(28-42(38)51)33-21-11-13-25-39(33)50(41)30-17-5-2-6-18-30/h1-28,43H/i1D,3D,4D,15D,16D. The monoisotopic (exact) mass is 656 g/mol. The van der Waals surface area contributed by atoms with E-state index in [1.165, 1.54) is 0 Å². The molecule has 5 heteroatoms. The molecule has 3 heterocycles. The molecule has 0 saturated carbocycles. The maximum atomic E-state index is 8.95. The van der Waals surface area contributed by atoms with Gasteiger partial charge in [0.25, 0.3) is 0 Å². The van der Waals surface area contributed by atoms with Crippen LogP contribution in [0.25, 0.3) is 77.8 Å². The van der Waals surface area contributed by atoms with Gasteiger partial charge in [0.15, 0.2) is 5.82 Å². The zero-order valence-corrected chi connectivity index (χ0v) is 27.1. The van der Waals surface area contributed by atoms with Crippen molar-refractivity contribution in [3.63, 3.8) is 0 Å². The highest BCUT2D eigenvalue weighted by Crippen LogP contribution is 2.47. The summed E-state index contributed by atoms with van der Waals surface area (Å²) in [5.41, 5.74) is 9.06. The topological polar surface area (TPSA) is 48.5 Å². The summed E-state index contributed by atoms with van der Waals surface area (Å²) in [6, 6.07) is 45.6. The summed E-state index contributed by atoms with van der Waals surface area (Å²) in [5.74, 6) is 0.325. The van der Waals surface area contributed by atoms with Crippen molar-refractivity contribution in [2.45, 2.75) is 5.92 Å². The van der Waals surface area contributed by atoms with E-state index in [1.54, 1.807) is 0 Å². The van der Waals surface area contributed by atoms with Gasteiger partial charge >= 0.3 is 0 Å². The summed E-state index contributed by atoms with van der Waals surface area (Å²) < 4.78 is 47.6. The molecular formula is C46H29N5. The van der Waals surface area contributed by atoms with E-state index in [4.69, 9.17) is 21.8 Å². The molecular weight excluding hydrogens is 623 g/mol. The third-order valence-corrected chi connectivity index (χ3v) is 10.1. The molecule has 7 aromatic carbocycles. The fourth-order valence-electron chi connectivity index (χ4n) is 8.02. The van der Waals surface area contributed by atoms with Crippen LogP contribution in [0.3, 0.4) is 0 Å². The maximum Gasteiger partial charge on any atom is 0.238 e. The molecule has 3 aromatic heterocycles. The van der Waals surface area contributed by atoms with Gasteiger partial charge in [0.2, 0.25) is 5.95 Å². The van der Waals surface area contributed by atoms with Crippen molar-refractivity contribution >= 4 is 43.6 Å². The Morgan fingerprint density at radius 2 is 1.02 bits per heavy atom. The molecule has 0 unspecified atom stereocenters. The van der Waals surface area contributed by atoms with Crippen molar-refractivity contribution in [3.05, 3.63) is 187 Å². The van der Waals surface area contributed by atoms with E-state index in [0.29, 0.717) is 5.82 Å². The average Bonchev–Trinajstić information content (AvgIpc) is 3.87. The summed E-state index contributed by atoms with van der Waals surface area (Å²) in [4.78, 5) is 15.3. The average molecular weight is 657 g/mol. The van der Waals surface area contributed by atoms with E-state index in [1.807, 2.05) is 65.2 Å². The minimum absolute atomic E-state index is 0.0107. The van der Waals surface area contributed by atoms with E-state index >= 15 is 0 Å². The molecule has 0 atom stereocenters. The number of rotatable bonds is 4. The van der Waals surface area contributed by atoms with Gasteiger partial charge in [-0.05, 0) is 58.7 Å². The Kier molecular flexibility index (Phi) is 4.99. The van der Waals surface area contributed by atoms with Crippen LogP contribution in [0.2, 0.25) is 0 Å². The Morgan fingerprint density at radius 1 is 0.471 bits per heavy atom. The van der Waals surface area contributed by atoms with Crippen LogP contribution in [0.1, 0.15) is 29.7 Å². The molecule has 1 aliphatic carbocycles. The summed E-state index contributed by atoms with van der Waals surface area (Å²) in [6.45, 7) is 0. The second kappa shape index (κ2) is 10.8. The van der Waals surface area contributed by atoms with E-state index in [0.717, 1.165) is 71.6 Å². The van der Waals surface area contributed by atoms with E-state index in [2.05, 4.69) is 83.4 Å². The van der Waals surface area contributed by atoms with Gasteiger partial charge in [0, 0.05) is 32.8 Å². The van der Waals surface area contributed by atoms with Crippen molar-refractivity contribution < 1.29 is 6.85 Å². The quantitative estimate of drug-likeness (QED) is 0.189. The minimum atomic E-state index is -0.474. The molecule has 0 radical (unpaired) electrons. The first kappa shape index (κ1) is 23.5. The van der Waals surface area contributed by atoms with Crippen LogP contribution < -0.4 is 0 Å². The van der Waals surface area contributed by atoms with Gasteiger partial charge in [-0.25, -0.2) is 4.98 Å². The SMILES string of the molecule is [2H]c1c([2H])c([2H])c(-c2nc(C3c4ccccc4-c4ccccc43)nc(-n3c4ccccc4c4cc5c(cc43)c3ccccc3n5-c3ccccc3)n2)c([2H])c1[2H]. The Labute approximate surface area is 300 Å². The van der Waals surface area contributed by atoms with Crippen molar-refractivity contribution in [1.29, 1.82) is 0 Å². The fraction of sp³-hybridized carbons (Fsp3) is 0.0217. The summed E-state index contributed by atoms with van der Waals surface area (Å²) in [7, 11) is 0. The predicted octanol–water partition coefficient (Wildman–Crippen LogP) is 10.9. The van der Waals surface area contributed by atoms with Gasteiger partial charge in [-0.15, -0.1) is 0 Å². The lowest BCUT2D eigenvalue weighted by molar-refractivity contribution is 0.823. The number of para-hydroxylation sites is 3. The summed E-state index contributed by atoms with van der Waals surface area (Å²) in [5, 5.41) is 4.15. The molecule has 0 N–H and O–H groups in total. The molecule has 0 aliphatic heterocycles. The van der Waals surface area contributed by atoms with Crippen molar-refractivity contribution in [1.82, 2.24) is 24.1 Å². The van der Waals surface area contributed by atoms with Gasteiger partial charge < -0.3 is 4.57 Å². The van der Waals surface area contributed by atoms with Crippen molar-refractivity contribution in [2.75, 3.05) is 0 Å². The van der Waals surface area contributed by atoms with Crippen LogP contribution in [-0.2, 0) is 0 Å². The Bertz CT molecular complexity index is 3200. The number of nitrogens with zero attached hydrogens (tertiary/aromatic N) is 5. The normalized spacial score (nSPS) is 14.0. The lowest BCUT2D eigenvalue weighted by Gasteiger charge is -2.16. The molecule has 0 bridgehead atoms. The molecule has 11 rings (SSSR count). The zero-order chi connectivity index (χ0) is 37.8. The Hall–Kier alpha value is -6.85. The van der Waals surface area contributed by atoms with Gasteiger partial charge in [-0.3, -0.25) is 4.57 Å². The predicted molar refractivity (Wildman–Crippen MR) is 207 cm³/mol. The molecule has 0 spiro atoms. The molecule has 51 heavy (non-hydrogen) atoms. The molecule has 0 amide bonds. The first-order valence-electron chi connectivity index (χ1n) is 19.4. The molecule has 0 fully saturated rings. The van der Waals surface area contributed by atoms with Crippen molar-refractivity contribution in [3.8, 4) is 34.2 Å². The summed E-state index contributed by atoms with van der Waals surface area (Å²) >= 11 is 0. The van der Waals surface area contributed by atoms with Crippen LogP contribution in [0.4, 0.5) is 0 Å². The first-order valence-corrected chi connectivity index (χ1v) is 16.9. The first-order chi connectivity index (χ1) is 27.4. The number of benzene rings is 7. The van der Waals surface area contributed by atoms with Crippen LogP contribution in [0, 0.1) is 0 Å². The van der Waals surface area contributed by atoms with Gasteiger partial charge in [-0.2, -0.15) is 9.97 Å². The highest BCUT2D eigenvalue weighted by molar-refractivity contribution is 6.18. The summed E-state index contributed by atoms with van der Waals surface area (Å²) in [6.07, 6.45) is 0. The number of hydrogen-bond donors (Lipinski definition) is 0. The minimum Gasteiger partial charge on any atom is -0.309 e. The lowest BCUT2D eigenvalue weighted by atomic mass is 9.96. The largest absolute Gasteiger partial charge is 0.309 e. The maximum absolute atomic E-state index is 8.95. The number of fused-ring (bicyclic) bond motifs is 9. The second-order valence-corrected chi connectivity index (χ2v) is 12.9. The van der Waals surface area contributed by atoms with Crippen LogP contribution in [0.5, 0.6) is 0 Å². The van der Waals surface area contributed by atoms with E-state index < -0.39 is 24.0 Å². The Morgan fingerprint density at radius 3 is 1.69 bits per heavy atom. The molecule has 1 aliphatic rings. The lowest BCUT2D eigenvalue weighted by Crippen LogP contribution is -2.12. The Balaban J connectivity index is 1.26. The third-order valence-electron chi connectivity index (χ3n) is 10.1. The zero-order valence-electron chi connectivity index (χ0n) is 32.1. The fourth-order valence-corrected chi connectivity index (χ4v) is 8.02. The van der Waals surface area contributed by atoms with Crippen molar-refractivity contribution in [2.24, 2.45) is 0 Å². The number of hydrogen-bond acceptors (Lipinski definition) is 3.